The molecular weight excluding hydrogens is 901 g/mol. The van der Waals surface area contributed by atoms with Crippen molar-refractivity contribution < 1.29 is 0 Å². The molecule has 1 atom stereocenters. The Hall–Kier alpha value is -9.26. The highest BCUT2D eigenvalue weighted by Crippen LogP contribution is 2.41. The van der Waals surface area contributed by atoms with E-state index in [-0.39, 0.29) is 0 Å². The van der Waals surface area contributed by atoms with Crippen molar-refractivity contribution in [1.29, 1.82) is 0 Å². The fraction of sp³-hybridized carbons (Fsp3) is 0.0882. The molecule has 1 unspecified atom stereocenters. The summed E-state index contributed by atoms with van der Waals surface area (Å²) in [5.41, 5.74) is 10.9. The van der Waals surface area contributed by atoms with Crippen molar-refractivity contribution in [3.63, 3.8) is 0 Å². The second-order valence-corrected chi connectivity index (χ2v) is 19.0. The Morgan fingerprint density at radius 1 is 0.324 bits per heavy atom. The van der Waals surface area contributed by atoms with Crippen LogP contribution in [0.2, 0.25) is 0 Å². The van der Waals surface area contributed by atoms with Gasteiger partial charge in [-0.15, -0.1) is 0 Å². The zero-order valence-corrected chi connectivity index (χ0v) is 41.6. The van der Waals surface area contributed by atoms with E-state index in [1.165, 1.54) is 32.8 Å². The first-order chi connectivity index (χ1) is 36.4. The normalized spacial score (nSPS) is 12.4. The first kappa shape index (κ1) is 45.9. The fourth-order valence-corrected chi connectivity index (χ4v) is 10.1. The second kappa shape index (κ2) is 19.7. The average molecular weight is 953 g/mol. The van der Waals surface area contributed by atoms with Gasteiger partial charge >= 0.3 is 0 Å². The Labute approximate surface area is 431 Å². The molecule has 12 rings (SSSR count). The fourth-order valence-electron chi connectivity index (χ4n) is 10.1. The summed E-state index contributed by atoms with van der Waals surface area (Å²) < 4.78 is 0. The molecule has 0 saturated carbocycles. The predicted molar refractivity (Wildman–Crippen MR) is 305 cm³/mol. The smallest absolute Gasteiger partial charge is 0.164 e. The SMILES string of the molecule is CC/C=C\c1ccc(-c2nc(-c3ccc(C(C)(c4ccccc4)c4ccc(-c5nc(-c6ccc7ccccc7c6)nc(-c6ccc7ccccc7c6)n5)cc4)cc3)nc(-c3ccc4ccccc4c3)n2)cc1CC. The van der Waals surface area contributed by atoms with Crippen LogP contribution < -0.4 is 0 Å². The molecule has 0 fully saturated rings. The van der Waals surface area contributed by atoms with E-state index in [0.29, 0.717) is 34.9 Å². The van der Waals surface area contributed by atoms with E-state index >= 15 is 0 Å². The van der Waals surface area contributed by atoms with Crippen LogP contribution in [0.25, 0.3) is 107 Å². The third kappa shape index (κ3) is 8.92. The summed E-state index contributed by atoms with van der Waals surface area (Å²) in [7, 11) is 0. The van der Waals surface area contributed by atoms with Gasteiger partial charge in [-0.2, -0.15) is 0 Å². The first-order valence-electron chi connectivity index (χ1n) is 25.5. The minimum absolute atomic E-state index is 0.533. The van der Waals surface area contributed by atoms with Gasteiger partial charge in [-0.25, -0.2) is 29.9 Å². The van der Waals surface area contributed by atoms with Crippen LogP contribution in [0.5, 0.6) is 0 Å². The second-order valence-electron chi connectivity index (χ2n) is 19.0. The van der Waals surface area contributed by atoms with Crippen LogP contribution >= 0.6 is 0 Å². The van der Waals surface area contributed by atoms with Gasteiger partial charge in [0.05, 0.1) is 0 Å². The molecule has 2 aromatic heterocycles. The minimum Gasteiger partial charge on any atom is -0.208 e. The lowest BCUT2D eigenvalue weighted by atomic mass is 9.71. The van der Waals surface area contributed by atoms with Crippen LogP contribution in [0.4, 0.5) is 0 Å². The van der Waals surface area contributed by atoms with Crippen molar-refractivity contribution in [3.8, 4) is 68.3 Å². The van der Waals surface area contributed by atoms with Crippen LogP contribution in [0.15, 0.2) is 231 Å². The maximum absolute atomic E-state index is 5.20. The zero-order chi connectivity index (χ0) is 50.0. The summed E-state index contributed by atoms with van der Waals surface area (Å²) >= 11 is 0. The van der Waals surface area contributed by atoms with Crippen LogP contribution in [0.3, 0.4) is 0 Å². The Balaban J connectivity index is 0.933. The number of hydrogen-bond donors (Lipinski definition) is 0. The molecule has 0 radical (unpaired) electrons. The maximum Gasteiger partial charge on any atom is 0.164 e. The van der Waals surface area contributed by atoms with Gasteiger partial charge in [0.2, 0.25) is 0 Å². The molecule has 0 N–H and O–H groups in total. The average Bonchev–Trinajstić information content (AvgIpc) is 3.48. The molecule has 0 spiro atoms. The minimum atomic E-state index is -0.533. The summed E-state index contributed by atoms with van der Waals surface area (Å²) in [6.07, 6.45) is 6.30. The van der Waals surface area contributed by atoms with Crippen LogP contribution in [-0.2, 0) is 11.8 Å². The van der Waals surface area contributed by atoms with Crippen LogP contribution in [0.1, 0.15) is 55.0 Å². The molecule has 6 heteroatoms. The summed E-state index contributed by atoms with van der Waals surface area (Å²) in [5.74, 6) is 3.75. The monoisotopic (exact) mass is 952 g/mol. The molecule has 0 aliphatic carbocycles. The number of allylic oxidation sites excluding steroid dienone is 1. The van der Waals surface area contributed by atoms with Gasteiger partial charge in [-0.3, -0.25) is 0 Å². The molecule has 0 bridgehead atoms. The van der Waals surface area contributed by atoms with Gasteiger partial charge in [-0.1, -0.05) is 226 Å². The molecule has 10 aromatic carbocycles. The van der Waals surface area contributed by atoms with Crippen molar-refractivity contribution in [2.24, 2.45) is 0 Å². The third-order valence-corrected chi connectivity index (χ3v) is 14.4. The van der Waals surface area contributed by atoms with Crippen molar-refractivity contribution in [1.82, 2.24) is 29.9 Å². The van der Waals surface area contributed by atoms with Crippen LogP contribution in [-0.4, -0.2) is 29.9 Å². The van der Waals surface area contributed by atoms with Gasteiger partial charge in [-0.05, 0) is 104 Å². The number of aryl methyl sites for hydroxylation is 1. The number of nitrogens with zero attached hydrogens (tertiary/aromatic N) is 6. The number of rotatable bonds is 12. The van der Waals surface area contributed by atoms with Crippen molar-refractivity contribution in [3.05, 3.63) is 258 Å². The molecule has 12 aromatic rings. The Bertz CT molecular complexity index is 3950. The van der Waals surface area contributed by atoms with Crippen molar-refractivity contribution in [2.75, 3.05) is 0 Å². The maximum atomic E-state index is 5.20. The van der Waals surface area contributed by atoms with Gasteiger partial charge in [0.25, 0.3) is 0 Å². The van der Waals surface area contributed by atoms with Crippen molar-refractivity contribution >= 4 is 38.4 Å². The number of benzene rings is 10. The summed E-state index contributed by atoms with van der Waals surface area (Å²) in [5, 5.41) is 6.90. The molecule has 6 nitrogen and oxygen atoms in total. The highest BCUT2D eigenvalue weighted by atomic mass is 15.0. The molecule has 354 valence electrons. The van der Waals surface area contributed by atoms with E-state index in [4.69, 9.17) is 29.9 Å². The van der Waals surface area contributed by atoms with Crippen LogP contribution in [0, 0.1) is 0 Å². The van der Waals surface area contributed by atoms with E-state index in [2.05, 4.69) is 257 Å². The highest BCUT2D eigenvalue weighted by molar-refractivity contribution is 5.89. The summed E-state index contributed by atoms with van der Waals surface area (Å²) in [6.45, 7) is 6.66. The highest BCUT2D eigenvalue weighted by Gasteiger charge is 2.31. The van der Waals surface area contributed by atoms with E-state index < -0.39 is 5.41 Å². The lowest BCUT2D eigenvalue weighted by Gasteiger charge is -2.32. The molecule has 2 heterocycles. The predicted octanol–water partition coefficient (Wildman–Crippen LogP) is 16.9. The van der Waals surface area contributed by atoms with E-state index in [1.807, 2.05) is 0 Å². The molecule has 0 aliphatic heterocycles. The lowest BCUT2D eigenvalue weighted by molar-refractivity contribution is 0.692. The largest absolute Gasteiger partial charge is 0.208 e. The summed E-state index contributed by atoms with van der Waals surface area (Å²) in [6, 6.07) is 79.1. The van der Waals surface area contributed by atoms with Gasteiger partial charge in [0.1, 0.15) is 0 Å². The molecule has 74 heavy (non-hydrogen) atoms. The van der Waals surface area contributed by atoms with Gasteiger partial charge in [0.15, 0.2) is 34.9 Å². The van der Waals surface area contributed by atoms with E-state index in [1.54, 1.807) is 0 Å². The third-order valence-electron chi connectivity index (χ3n) is 14.4. The number of aromatic nitrogens is 6. The van der Waals surface area contributed by atoms with Gasteiger partial charge in [0, 0.05) is 38.8 Å². The topological polar surface area (TPSA) is 77.3 Å². The van der Waals surface area contributed by atoms with E-state index in [9.17, 15) is 0 Å². The molecule has 0 amide bonds. The van der Waals surface area contributed by atoms with E-state index in [0.717, 1.165) is 73.5 Å². The number of hydrogen-bond acceptors (Lipinski definition) is 6. The lowest BCUT2D eigenvalue weighted by Crippen LogP contribution is -2.25. The van der Waals surface area contributed by atoms with Crippen molar-refractivity contribution in [2.45, 2.75) is 39.0 Å². The Kier molecular flexibility index (Phi) is 12.2. The molecule has 0 aliphatic rings. The zero-order valence-electron chi connectivity index (χ0n) is 41.6. The number of fused-ring (bicyclic) bond motifs is 3. The first-order valence-corrected chi connectivity index (χ1v) is 25.5. The van der Waals surface area contributed by atoms with Gasteiger partial charge < -0.3 is 0 Å². The quantitative estimate of drug-likeness (QED) is 0.114. The Morgan fingerprint density at radius 2 is 0.649 bits per heavy atom. The Morgan fingerprint density at radius 3 is 1.04 bits per heavy atom. The standard InChI is InChI=1S/C68H52N6/c1-4-6-16-46-25-29-55(41-45(46)5-2)64-69-62(70-65(73-64)56-30-26-47-17-10-13-20-52(47)42-56)50-33-37-60(38-34-50)68(3,59-23-8-7-9-24-59)61-39-35-51(36-40-61)63-71-66(57-31-27-48-18-11-14-21-53(48)43-57)74-67(72-63)58-32-28-49-19-12-15-22-54(49)44-58/h6-44H,4-5H2,1-3H3/b16-6-. The molecular formula is C68H52N6. The summed E-state index contributed by atoms with van der Waals surface area (Å²) in [4.78, 5) is 31.0. The molecule has 0 saturated heterocycles.